The van der Waals surface area contributed by atoms with E-state index < -0.39 is 0 Å². The molecule has 0 spiro atoms. The van der Waals surface area contributed by atoms with E-state index in [0.29, 0.717) is 28.2 Å². The molecule has 2 amide bonds. The highest BCUT2D eigenvalue weighted by Gasteiger charge is 2.12. The molecule has 0 atom stereocenters. The van der Waals surface area contributed by atoms with Gasteiger partial charge in [-0.1, -0.05) is 37.7 Å². The molecule has 1 aromatic heterocycles. The molecule has 3 aromatic rings. The van der Waals surface area contributed by atoms with Gasteiger partial charge in [-0.2, -0.15) is 0 Å². The number of carbonyl (C=O) groups is 2. The van der Waals surface area contributed by atoms with E-state index >= 15 is 0 Å². The lowest BCUT2D eigenvalue weighted by Gasteiger charge is -2.12. The van der Waals surface area contributed by atoms with E-state index in [4.69, 9.17) is 4.74 Å². The van der Waals surface area contributed by atoms with Gasteiger partial charge in [0.25, 0.3) is 0 Å². The van der Waals surface area contributed by atoms with E-state index in [1.165, 1.54) is 31.4 Å². The predicted octanol–water partition coefficient (Wildman–Crippen LogP) is 4.09. The normalized spacial score (nSPS) is 10.7. The van der Waals surface area contributed by atoms with Crippen molar-refractivity contribution in [2.45, 2.75) is 31.8 Å². The molecule has 3 rings (SSSR count). The number of ether oxygens (including phenoxy) is 1. The molecular formula is C22H25N5O3S. The van der Waals surface area contributed by atoms with Gasteiger partial charge in [-0.05, 0) is 41.8 Å². The van der Waals surface area contributed by atoms with Crippen LogP contribution in [0.3, 0.4) is 0 Å². The lowest BCUT2D eigenvalue weighted by atomic mass is 10.0. The van der Waals surface area contributed by atoms with Crippen molar-refractivity contribution < 1.29 is 14.3 Å². The Morgan fingerprint density at radius 1 is 1.13 bits per heavy atom. The summed E-state index contributed by atoms with van der Waals surface area (Å²) >= 11 is 1.29. The van der Waals surface area contributed by atoms with Crippen LogP contribution in [0.1, 0.15) is 32.3 Å². The van der Waals surface area contributed by atoms with E-state index in [9.17, 15) is 9.59 Å². The number of hydrogen-bond acceptors (Lipinski definition) is 6. The SMILES string of the molecule is COc1ccc(NC(=O)CSc2nncn2-c2ccc(C(C)C)cc2)cc1NC(C)=O. The standard InChI is InChI=1S/C22H25N5O3S/c1-14(2)16-5-8-18(9-6-16)27-13-23-26-22(27)31-12-21(29)25-17-7-10-20(30-4)19(11-17)24-15(3)28/h5-11,13-14H,12H2,1-4H3,(H,24,28)(H,25,29). The molecule has 0 radical (unpaired) electrons. The van der Waals surface area contributed by atoms with Crippen LogP contribution in [-0.2, 0) is 9.59 Å². The van der Waals surface area contributed by atoms with E-state index in [0.717, 1.165) is 5.69 Å². The van der Waals surface area contributed by atoms with Gasteiger partial charge in [-0.25, -0.2) is 0 Å². The van der Waals surface area contributed by atoms with E-state index in [2.05, 4.69) is 46.8 Å². The van der Waals surface area contributed by atoms with Crippen molar-refractivity contribution in [1.82, 2.24) is 14.8 Å². The number of hydrogen-bond donors (Lipinski definition) is 2. The average molecular weight is 440 g/mol. The molecule has 1 heterocycles. The molecule has 2 N–H and O–H groups in total. The summed E-state index contributed by atoms with van der Waals surface area (Å²) in [5.74, 6) is 0.701. The summed E-state index contributed by atoms with van der Waals surface area (Å²) in [7, 11) is 1.52. The molecule has 0 saturated heterocycles. The fourth-order valence-corrected chi connectivity index (χ4v) is 3.65. The molecule has 0 aliphatic heterocycles. The minimum absolute atomic E-state index is 0.157. The molecule has 9 heteroatoms. The Morgan fingerprint density at radius 2 is 1.87 bits per heavy atom. The summed E-state index contributed by atoms with van der Waals surface area (Å²) in [6.07, 6.45) is 1.63. The van der Waals surface area contributed by atoms with Crippen LogP contribution in [0.25, 0.3) is 5.69 Å². The number of thioether (sulfide) groups is 1. The maximum absolute atomic E-state index is 12.5. The molecule has 0 saturated carbocycles. The molecule has 162 valence electrons. The number of anilines is 2. The van der Waals surface area contributed by atoms with Crippen molar-refractivity contribution in [3.63, 3.8) is 0 Å². The lowest BCUT2D eigenvalue weighted by molar-refractivity contribution is -0.114. The monoisotopic (exact) mass is 439 g/mol. The Balaban J connectivity index is 1.64. The van der Waals surface area contributed by atoms with Crippen LogP contribution >= 0.6 is 11.8 Å². The Bertz CT molecular complexity index is 1060. The minimum Gasteiger partial charge on any atom is -0.495 e. The van der Waals surface area contributed by atoms with Crippen LogP contribution in [-0.4, -0.2) is 39.4 Å². The van der Waals surface area contributed by atoms with Crippen molar-refractivity contribution in [2.24, 2.45) is 0 Å². The number of rotatable bonds is 8. The van der Waals surface area contributed by atoms with Gasteiger partial charge in [0.05, 0.1) is 18.6 Å². The predicted molar refractivity (Wildman–Crippen MR) is 122 cm³/mol. The molecule has 0 aliphatic rings. The summed E-state index contributed by atoms with van der Waals surface area (Å²) < 4.78 is 7.08. The van der Waals surface area contributed by atoms with Crippen LogP contribution in [0.4, 0.5) is 11.4 Å². The third-order valence-electron chi connectivity index (χ3n) is 4.48. The van der Waals surface area contributed by atoms with Gasteiger partial charge in [-0.15, -0.1) is 10.2 Å². The fraction of sp³-hybridized carbons (Fsp3) is 0.273. The quantitative estimate of drug-likeness (QED) is 0.513. The molecule has 0 fully saturated rings. The highest BCUT2D eigenvalue weighted by Crippen LogP contribution is 2.28. The topological polar surface area (TPSA) is 98.1 Å². The first-order valence-corrected chi connectivity index (χ1v) is 10.7. The molecule has 8 nitrogen and oxygen atoms in total. The summed E-state index contributed by atoms with van der Waals surface area (Å²) in [6.45, 7) is 5.71. The highest BCUT2D eigenvalue weighted by atomic mass is 32.2. The second-order valence-electron chi connectivity index (χ2n) is 7.16. The van der Waals surface area contributed by atoms with E-state index in [-0.39, 0.29) is 17.6 Å². The van der Waals surface area contributed by atoms with Crippen LogP contribution in [0.2, 0.25) is 0 Å². The lowest BCUT2D eigenvalue weighted by Crippen LogP contribution is -2.15. The third-order valence-corrected chi connectivity index (χ3v) is 5.42. The summed E-state index contributed by atoms with van der Waals surface area (Å²) in [5, 5.41) is 14.3. The highest BCUT2D eigenvalue weighted by molar-refractivity contribution is 7.99. The fourth-order valence-electron chi connectivity index (χ4n) is 2.92. The van der Waals surface area contributed by atoms with Crippen molar-refractivity contribution in [3.05, 3.63) is 54.4 Å². The van der Waals surface area contributed by atoms with Crippen LogP contribution in [0.15, 0.2) is 53.9 Å². The first-order chi connectivity index (χ1) is 14.9. The summed E-state index contributed by atoms with van der Waals surface area (Å²) in [4.78, 5) is 23.8. The van der Waals surface area contributed by atoms with Crippen LogP contribution < -0.4 is 15.4 Å². The largest absolute Gasteiger partial charge is 0.495 e. The maximum atomic E-state index is 12.5. The maximum Gasteiger partial charge on any atom is 0.234 e. The van der Waals surface area contributed by atoms with Crippen LogP contribution in [0.5, 0.6) is 5.75 Å². The number of methoxy groups -OCH3 is 1. The Labute approximate surface area is 185 Å². The van der Waals surface area contributed by atoms with Gasteiger partial charge in [-0.3, -0.25) is 14.2 Å². The Hall–Kier alpha value is -3.33. The van der Waals surface area contributed by atoms with Gasteiger partial charge in [0.15, 0.2) is 5.16 Å². The molecular weight excluding hydrogens is 414 g/mol. The zero-order valence-electron chi connectivity index (χ0n) is 17.9. The second kappa shape index (κ2) is 10.1. The van der Waals surface area contributed by atoms with Gasteiger partial charge in [0.2, 0.25) is 11.8 Å². The third kappa shape index (κ3) is 5.85. The molecule has 2 aromatic carbocycles. The van der Waals surface area contributed by atoms with E-state index in [1.807, 2.05) is 16.7 Å². The smallest absolute Gasteiger partial charge is 0.234 e. The number of benzene rings is 2. The van der Waals surface area contributed by atoms with Gasteiger partial charge in [0.1, 0.15) is 12.1 Å². The minimum atomic E-state index is -0.224. The zero-order valence-corrected chi connectivity index (χ0v) is 18.7. The summed E-state index contributed by atoms with van der Waals surface area (Å²) in [5.41, 5.74) is 3.24. The van der Waals surface area contributed by atoms with Gasteiger partial charge >= 0.3 is 0 Å². The van der Waals surface area contributed by atoms with Crippen LogP contribution in [0, 0.1) is 0 Å². The summed E-state index contributed by atoms with van der Waals surface area (Å²) in [6, 6.07) is 13.3. The number of aromatic nitrogens is 3. The van der Waals surface area contributed by atoms with Crippen molar-refractivity contribution in [1.29, 1.82) is 0 Å². The van der Waals surface area contributed by atoms with Crippen molar-refractivity contribution >= 4 is 35.0 Å². The molecule has 0 bridgehead atoms. The first-order valence-electron chi connectivity index (χ1n) is 9.76. The Morgan fingerprint density at radius 3 is 2.52 bits per heavy atom. The molecule has 31 heavy (non-hydrogen) atoms. The van der Waals surface area contributed by atoms with Gasteiger partial charge < -0.3 is 15.4 Å². The Kier molecular flexibility index (Phi) is 7.30. The first kappa shape index (κ1) is 22.4. The number of nitrogens with one attached hydrogen (secondary N) is 2. The average Bonchev–Trinajstić information content (AvgIpc) is 3.21. The van der Waals surface area contributed by atoms with E-state index in [1.54, 1.807) is 24.5 Å². The zero-order chi connectivity index (χ0) is 22.4. The number of amides is 2. The van der Waals surface area contributed by atoms with Crippen molar-refractivity contribution in [3.8, 4) is 11.4 Å². The molecule has 0 aliphatic carbocycles. The van der Waals surface area contributed by atoms with Gasteiger partial charge in [0, 0.05) is 18.3 Å². The molecule has 0 unspecified atom stereocenters. The second-order valence-corrected chi connectivity index (χ2v) is 8.11. The number of carbonyl (C=O) groups excluding carboxylic acids is 2. The van der Waals surface area contributed by atoms with Crippen molar-refractivity contribution in [2.75, 3.05) is 23.5 Å². The number of nitrogens with zero attached hydrogens (tertiary/aromatic N) is 3.